The zero-order chi connectivity index (χ0) is 8.55. The Kier molecular flexibility index (Phi) is 1.66. The molecule has 0 aliphatic rings. The van der Waals surface area contributed by atoms with Gasteiger partial charge in [0.15, 0.2) is 11.0 Å². The van der Waals surface area contributed by atoms with Gasteiger partial charge in [0, 0.05) is 17.6 Å². The summed E-state index contributed by atoms with van der Waals surface area (Å²) in [4.78, 5) is 6.93. The van der Waals surface area contributed by atoms with E-state index < -0.39 is 0 Å². The first-order chi connectivity index (χ1) is 5.81. The van der Waals surface area contributed by atoms with Crippen molar-refractivity contribution >= 4 is 22.5 Å². The molecule has 2 heterocycles. The molecule has 0 aliphatic carbocycles. The summed E-state index contributed by atoms with van der Waals surface area (Å²) in [5.74, 6) is 0.694. The maximum absolute atomic E-state index is 5.83. The zero-order valence-corrected chi connectivity index (χ0v) is 7.22. The monoisotopic (exact) mass is 182 g/mol. The first-order valence-electron chi connectivity index (χ1n) is 3.48. The number of hydrogen-bond donors (Lipinski definition) is 1. The van der Waals surface area contributed by atoms with E-state index in [0.717, 1.165) is 10.9 Å². The number of aromatic amines is 1. The van der Waals surface area contributed by atoms with Gasteiger partial charge in [0.25, 0.3) is 0 Å². The van der Waals surface area contributed by atoms with E-state index >= 15 is 0 Å². The lowest BCUT2D eigenvalue weighted by atomic mass is 10.3. The number of ether oxygens (including phenoxy) is 1. The van der Waals surface area contributed by atoms with E-state index in [9.17, 15) is 0 Å². The number of methoxy groups -OCH3 is 1. The highest BCUT2D eigenvalue weighted by Gasteiger charge is 2.03. The summed E-state index contributed by atoms with van der Waals surface area (Å²) in [5.41, 5.74) is 0.816. The molecule has 0 spiro atoms. The number of nitrogens with zero attached hydrogens (tertiary/aromatic N) is 1. The number of fused-ring (bicyclic) bond motifs is 1. The van der Waals surface area contributed by atoms with E-state index in [1.165, 1.54) is 0 Å². The molecule has 0 unspecified atom stereocenters. The lowest BCUT2D eigenvalue weighted by molar-refractivity contribution is 0.401. The third-order valence-electron chi connectivity index (χ3n) is 1.69. The Bertz CT molecular complexity index is 410. The Morgan fingerprint density at radius 2 is 2.42 bits per heavy atom. The Morgan fingerprint density at radius 1 is 1.58 bits per heavy atom. The average molecular weight is 183 g/mol. The number of H-pyrrole nitrogens is 1. The summed E-state index contributed by atoms with van der Waals surface area (Å²) in [7, 11) is 1.60. The number of aromatic nitrogens is 2. The summed E-state index contributed by atoms with van der Waals surface area (Å²) in [5, 5.41) is 1.47. The lowest BCUT2D eigenvalue weighted by Gasteiger charge is -1.91. The summed E-state index contributed by atoms with van der Waals surface area (Å²) in [6.45, 7) is 0. The van der Waals surface area contributed by atoms with Crippen molar-refractivity contribution in [3.63, 3.8) is 0 Å². The number of rotatable bonds is 1. The second-order valence-electron chi connectivity index (χ2n) is 2.40. The van der Waals surface area contributed by atoms with Gasteiger partial charge in [0.05, 0.1) is 12.6 Å². The van der Waals surface area contributed by atoms with Crippen molar-refractivity contribution < 1.29 is 4.74 Å². The molecule has 0 aliphatic heterocycles. The van der Waals surface area contributed by atoms with Crippen LogP contribution in [0.15, 0.2) is 18.3 Å². The van der Waals surface area contributed by atoms with Crippen LogP contribution < -0.4 is 4.74 Å². The van der Waals surface area contributed by atoms with Crippen LogP contribution in [0.25, 0.3) is 10.9 Å². The molecule has 1 N–H and O–H groups in total. The highest BCUT2D eigenvalue weighted by molar-refractivity contribution is 6.33. The van der Waals surface area contributed by atoms with Gasteiger partial charge in [-0.1, -0.05) is 11.6 Å². The summed E-state index contributed by atoms with van der Waals surface area (Å²) < 4.78 is 5.01. The summed E-state index contributed by atoms with van der Waals surface area (Å²) in [6.07, 6.45) is 1.66. The normalized spacial score (nSPS) is 10.5. The fourth-order valence-electron chi connectivity index (χ4n) is 1.10. The standard InChI is InChI=1S/C8H7ClN2O/c1-12-6-4-5-2-3-10-8(9)7(5)11-6/h2-4,11H,1H3. The maximum Gasteiger partial charge on any atom is 0.191 e. The second-order valence-corrected chi connectivity index (χ2v) is 2.76. The van der Waals surface area contributed by atoms with Gasteiger partial charge in [-0.3, -0.25) is 0 Å². The molecule has 0 radical (unpaired) electrons. The molecule has 62 valence electrons. The quantitative estimate of drug-likeness (QED) is 0.687. The van der Waals surface area contributed by atoms with Crippen molar-refractivity contribution in [3.05, 3.63) is 23.5 Å². The molecule has 3 nitrogen and oxygen atoms in total. The predicted octanol–water partition coefficient (Wildman–Crippen LogP) is 2.22. The second kappa shape index (κ2) is 2.68. The molecular formula is C8H7ClN2O. The lowest BCUT2D eigenvalue weighted by Crippen LogP contribution is -1.80. The highest BCUT2D eigenvalue weighted by Crippen LogP contribution is 2.24. The van der Waals surface area contributed by atoms with Crippen LogP contribution in [-0.4, -0.2) is 17.1 Å². The molecule has 0 amide bonds. The minimum absolute atomic E-state index is 0.468. The molecule has 0 fully saturated rings. The smallest absolute Gasteiger partial charge is 0.191 e. The Balaban J connectivity index is 2.74. The molecule has 0 aromatic carbocycles. The van der Waals surface area contributed by atoms with Crippen LogP contribution in [0.2, 0.25) is 5.15 Å². The molecule has 0 bridgehead atoms. The predicted molar refractivity (Wildman–Crippen MR) is 47.7 cm³/mol. The summed E-state index contributed by atoms with van der Waals surface area (Å²) >= 11 is 5.83. The molecule has 2 rings (SSSR count). The number of pyridine rings is 1. The van der Waals surface area contributed by atoms with Crippen LogP contribution in [0, 0.1) is 0 Å². The highest BCUT2D eigenvalue weighted by atomic mass is 35.5. The number of halogens is 1. The van der Waals surface area contributed by atoms with Crippen LogP contribution in [0.1, 0.15) is 0 Å². The minimum atomic E-state index is 0.468. The maximum atomic E-state index is 5.83. The van der Waals surface area contributed by atoms with Crippen LogP contribution in [-0.2, 0) is 0 Å². The van der Waals surface area contributed by atoms with Gasteiger partial charge in [-0.25, -0.2) is 4.98 Å². The Labute approximate surface area is 74.3 Å². The van der Waals surface area contributed by atoms with E-state index in [2.05, 4.69) is 9.97 Å². The molecule has 12 heavy (non-hydrogen) atoms. The van der Waals surface area contributed by atoms with Crippen molar-refractivity contribution in [1.29, 1.82) is 0 Å². The van der Waals surface area contributed by atoms with Crippen molar-refractivity contribution in [3.8, 4) is 5.88 Å². The van der Waals surface area contributed by atoms with Crippen LogP contribution in [0.3, 0.4) is 0 Å². The van der Waals surface area contributed by atoms with E-state index in [1.807, 2.05) is 12.1 Å². The van der Waals surface area contributed by atoms with Crippen molar-refractivity contribution in [1.82, 2.24) is 9.97 Å². The zero-order valence-electron chi connectivity index (χ0n) is 6.47. The third kappa shape index (κ3) is 1.02. The molecule has 0 saturated heterocycles. The van der Waals surface area contributed by atoms with Gasteiger partial charge in [-0.15, -0.1) is 0 Å². The Hall–Kier alpha value is -1.22. The van der Waals surface area contributed by atoms with Crippen molar-refractivity contribution in [2.45, 2.75) is 0 Å². The Morgan fingerprint density at radius 3 is 3.08 bits per heavy atom. The van der Waals surface area contributed by atoms with Crippen LogP contribution in [0.5, 0.6) is 5.88 Å². The number of hydrogen-bond acceptors (Lipinski definition) is 2. The molecular weight excluding hydrogens is 176 g/mol. The molecule has 2 aromatic heterocycles. The van der Waals surface area contributed by atoms with Gasteiger partial charge < -0.3 is 9.72 Å². The van der Waals surface area contributed by atoms with E-state index in [4.69, 9.17) is 16.3 Å². The molecule has 0 saturated carbocycles. The topological polar surface area (TPSA) is 37.9 Å². The fourth-order valence-corrected chi connectivity index (χ4v) is 1.32. The average Bonchev–Trinajstić information content (AvgIpc) is 2.49. The van der Waals surface area contributed by atoms with E-state index in [-0.39, 0.29) is 0 Å². The fraction of sp³-hybridized carbons (Fsp3) is 0.125. The molecule has 0 atom stereocenters. The third-order valence-corrected chi connectivity index (χ3v) is 1.98. The molecule has 4 heteroatoms. The first kappa shape index (κ1) is 7.43. The van der Waals surface area contributed by atoms with Gasteiger partial charge >= 0.3 is 0 Å². The van der Waals surface area contributed by atoms with E-state index in [1.54, 1.807) is 13.3 Å². The van der Waals surface area contributed by atoms with E-state index in [0.29, 0.717) is 11.0 Å². The SMILES string of the molecule is COc1cc2ccnc(Cl)c2[nH]1. The van der Waals surface area contributed by atoms with Crippen molar-refractivity contribution in [2.75, 3.05) is 7.11 Å². The summed E-state index contributed by atoms with van der Waals surface area (Å²) in [6, 6.07) is 3.75. The largest absolute Gasteiger partial charge is 0.482 e. The molecule has 2 aromatic rings. The van der Waals surface area contributed by atoms with Gasteiger partial charge in [-0.2, -0.15) is 0 Å². The van der Waals surface area contributed by atoms with Gasteiger partial charge in [0.1, 0.15) is 0 Å². The first-order valence-corrected chi connectivity index (χ1v) is 3.86. The van der Waals surface area contributed by atoms with Crippen LogP contribution in [0.4, 0.5) is 0 Å². The van der Waals surface area contributed by atoms with Gasteiger partial charge in [-0.05, 0) is 6.07 Å². The van der Waals surface area contributed by atoms with Crippen molar-refractivity contribution in [2.24, 2.45) is 0 Å². The minimum Gasteiger partial charge on any atom is -0.482 e. The number of nitrogens with one attached hydrogen (secondary N) is 1. The van der Waals surface area contributed by atoms with Crippen LogP contribution >= 0.6 is 11.6 Å². The van der Waals surface area contributed by atoms with Gasteiger partial charge in [0.2, 0.25) is 0 Å².